The lowest BCUT2D eigenvalue weighted by Gasteiger charge is -1.98. The lowest BCUT2D eigenvalue weighted by molar-refractivity contribution is -0.390. The van der Waals surface area contributed by atoms with Gasteiger partial charge in [-0.15, -0.1) is 6.58 Å². The van der Waals surface area contributed by atoms with Crippen LogP contribution in [0.2, 0.25) is 0 Å². The molecule has 0 aliphatic heterocycles. The monoisotopic (exact) mass is 245 g/mol. The van der Waals surface area contributed by atoms with Gasteiger partial charge in [-0.3, -0.25) is 0 Å². The number of allylic oxidation sites excluding steroid dienone is 1. The van der Waals surface area contributed by atoms with Crippen LogP contribution in [0.15, 0.2) is 23.3 Å². The van der Waals surface area contributed by atoms with E-state index >= 15 is 0 Å². The van der Waals surface area contributed by atoms with Gasteiger partial charge in [0.2, 0.25) is 0 Å². The third-order valence-corrected chi connectivity index (χ3v) is 2.16. The van der Waals surface area contributed by atoms with Crippen LogP contribution in [0.3, 0.4) is 0 Å². The smallest absolute Gasteiger partial charge is 0.358 e. The summed E-state index contributed by atoms with van der Waals surface area (Å²) < 4.78 is 1.86. The number of nitro groups is 1. The molecule has 0 N–H and O–H groups in total. The average molecular weight is 246 g/mol. The highest BCUT2D eigenvalue weighted by molar-refractivity contribution is 9.10. The fourth-order valence-electron chi connectivity index (χ4n) is 0.800. The summed E-state index contributed by atoms with van der Waals surface area (Å²) in [6, 6.07) is -0.0509. The van der Waals surface area contributed by atoms with Gasteiger partial charge in [-0.2, -0.15) is 4.68 Å². The van der Waals surface area contributed by atoms with Gasteiger partial charge in [-0.25, -0.2) is 0 Å². The van der Waals surface area contributed by atoms with E-state index in [1.807, 2.05) is 6.92 Å². The molecule has 0 radical (unpaired) electrons. The van der Waals surface area contributed by atoms with Gasteiger partial charge < -0.3 is 10.1 Å². The molecule has 1 heterocycles. The van der Waals surface area contributed by atoms with Gasteiger partial charge >= 0.3 is 5.82 Å². The zero-order valence-electron chi connectivity index (χ0n) is 6.98. The van der Waals surface area contributed by atoms with Gasteiger partial charge in [0.1, 0.15) is 4.47 Å². The standard InChI is InChI=1S/C7H8BrN3O2/c1-3-5(2)10-4-6(8)7(9-10)11(12)13/h3-5H,1H2,2H3. The first kappa shape index (κ1) is 9.91. The molecule has 0 spiro atoms. The van der Waals surface area contributed by atoms with Gasteiger partial charge in [0.15, 0.2) is 0 Å². The Morgan fingerprint density at radius 3 is 2.92 bits per heavy atom. The molecule has 0 amide bonds. The van der Waals surface area contributed by atoms with E-state index < -0.39 is 4.92 Å². The molecule has 0 saturated carbocycles. The Kier molecular flexibility index (Phi) is 2.82. The van der Waals surface area contributed by atoms with E-state index in [-0.39, 0.29) is 11.9 Å². The number of aromatic nitrogens is 2. The maximum Gasteiger partial charge on any atom is 0.404 e. The first-order valence-electron chi connectivity index (χ1n) is 3.58. The first-order chi connectivity index (χ1) is 6.06. The predicted molar refractivity (Wildman–Crippen MR) is 51.5 cm³/mol. The topological polar surface area (TPSA) is 61.0 Å². The van der Waals surface area contributed by atoms with E-state index in [9.17, 15) is 10.1 Å². The maximum absolute atomic E-state index is 10.4. The molecule has 1 aromatic heterocycles. The van der Waals surface area contributed by atoms with Gasteiger partial charge in [0, 0.05) is 0 Å². The minimum absolute atomic E-state index is 0.0509. The van der Waals surface area contributed by atoms with E-state index in [0.29, 0.717) is 4.47 Å². The van der Waals surface area contributed by atoms with Crippen molar-refractivity contribution in [1.82, 2.24) is 9.78 Å². The van der Waals surface area contributed by atoms with Crippen molar-refractivity contribution in [2.75, 3.05) is 0 Å². The summed E-state index contributed by atoms with van der Waals surface area (Å²) in [5, 5.41) is 14.2. The quantitative estimate of drug-likeness (QED) is 0.467. The summed E-state index contributed by atoms with van der Waals surface area (Å²) in [6.07, 6.45) is 3.22. The van der Waals surface area contributed by atoms with Crippen molar-refractivity contribution >= 4 is 21.7 Å². The average Bonchev–Trinajstić information content (AvgIpc) is 2.46. The van der Waals surface area contributed by atoms with Crippen molar-refractivity contribution in [3.05, 3.63) is 33.4 Å². The molecule has 1 atom stereocenters. The van der Waals surface area contributed by atoms with E-state index in [2.05, 4.69) is 27.6 Å². The van der Waals surface area contributed by atoms with Gasteiger partial charge in [0.25, 0.3) is 0 Å². The Morgan fingerprint density at radius 2 is 2.54 bits per heavy atom. The Labute approximate surface area is 83.3 Å². The number of hydrogen-bond donors (Lipinski definition) is 0. The molecule has 1 aromatic rings. The molecule has 6 heteroatoms. The Balaban J connectivity index is 3.08. The number of rotatable bonds is 3. The molecule has 0 fully saturated rings. The van der Waals surface area contributed by atoms with Crippen LogP contribution in [-0.2, 0) is 0 Å². The van der Waals surface area contributed by atoms with E-state index in [1.54, 1.807) is 12.3 Å². The van der Waals surface area contributed by atoms with Crippen LogP contribution >= 0.6 is 15.9 Å². The van der Waals surface area contributed by atoms with Crippen LogP contribution in [0.1, 0.15) is 13.0 Å². The molecule has 0 aliphatic carbocycles. The number of hydrogen-bond acceptors (Lipinski definition) is 3. The van der Waals surface area contributed by atoms with Crippen molar-refractivity contribution < 1.29 is 4.92 Å². The second-order valence-corrected chi connectivity index (χ2v) is 3.37. The summed E-state index contributed by atoms with van der Waals surface area (Å²) in [7, 11) is 0. The molecule has 70 valence electrons. The second-order valence-electron chi connectivity index (χ2n) is 2.51. The molecule has 0 aromatic carbocycles. The summed E-state index contributed by atoms with van der Waals surface area (Å²) >= 11 is 3.06. The molecular formula is C7H8BrN3O2. The highest BCUT2D eigenvalue weighted by atomic mass is 79.9. The van der Waals surface area contributed by atoms with Gasteiger partial charge in [0.05, 0.1) is 17.3 Å². The van der Waals surface area contributed by atoms with Crippen molar-refractivity contribution in [3.63, 3.8) is 0 Å². The Hall–Kier alpha value is -1.17. The molecule has 1 rings (SSSR count). The maximum atomic E-state index is 10.4. The van der Waals surface area contributed by atoms with Crippen molar-refractivity contribution in [2.24, 2.45) is 0 Å². The van der Waals surface area contributed by atoms with Crippen LogP contribution in [0.25, 0.3) is 0 Å². The fraction of sp³-hybridized carbons (Fsp3) is 0.286. The van der Waals surface area contributed by atoms with Crippen molar-refractivity contribution in [2.45, 2.75) is 13.0 Å². The Bertz CT molecular complexity index is 348. The minimum atomic E-state index is -0.531. The zero-order chi connectivity index (χ0) is 10.0. The molecule has 5 nitrogen and oxygen atoms in total. The molecular weight excluding hydrogens is 238 g/mol. The number of halogens is 1. The predicted octanol–water partition coefficient (Wildman–Crippen LogP) is 2.30. The fourth-order valence-corrected chi connectivity index (χ4v) is 1.23. The molecule has 1 unspecified atom stereocenters. The van der Waals surface area contributed by atoms with Gasteiger partial charge in [-0.1, -0.05) is 6.08 Å². The summed E-state index contributed by atoms with van der Waals surface area (Å²) in [5.41, 5.74) is 0. The molecule has 0 aliphatic rings. The Morgan fingerprint density at radius 1 is 1.92 bits per heavy atom. The lowest BCUT2D eigenvalue weighted by atomic mass is 10.3. The van der Waals surface area contributed by atoms with Crippen LogP contribution in [0, 0.1) is 10.1 Å². The third-order valence-electron chi connectivity index (χ3n) is 1.60. The van der Waals surface area contributed by atoms with E-state index in [0.717, 1.165) is 0 Å². The van der Waals surface area contributed by atoms with Crippen LogP contribution < -0.4 is 0 Å². The van der Waals surface area contributed by atoms with Crippen LogP contribution in [0.4, 0.5) is 5.82 Å². The lowest BCUT2D eigenvalue weighted by Crippen LogP contribution is -2.02. The summed E-state index contributed by atoms with van der Waals surface area (Å²) in [5.74, 6) is -0.172. The van der Waals surface area contributed by atoms with E-state index in [1.165, 1.54) is 4.68 Å². The minimum Gasteiger partial charge on any atom is -0.358 e. The summed E-state index contributed by atoms with van der Waals surface area (Å²) in [6.45, 7) is 5.42. The van der Waals surface area contributed by atoms with Crippen molar-refractivity contribution in [3.8, 4) is 0 Å². The van der Waals surface area contributed by atoms with E-state index in [4.69, 9.17) is 0 Å². The van der Waals surface area contributed by atoms with Gasteiger partial charge in [-0.05, 0) is 27.8 Å². The molecule has 0 bridgehead atoms. The highest BCUT2D eigenvalue weighted by Gasteiger charge is 2.19. The SMILES string of the molecule is C=CC(C)n1cc(Br)c([N+](=O)[O-])n1. The second kappa shape index (κ2) is 3.69. The zero-order valence-corrected chi connectivity index (χ0v) is 8.56. The van der Waals surface area contributed by atoms with Crippen LogP contribution in [0.5, 0.6) is 0 Å². The van der Waals surface area contributed by atoms with Crippen molar-refractivity contribution in [1.29, 1.82) is 0 Å². The first-order valence-corrected chi connectivity index (χ1v) is 4.37. The largest absolute Gasteiger partial charge is 0.404 e. The third kappa shape index (κ3) is 1.95. The normalized spacial score (nSPS) is 12.5. The number of nitrogens with zero attached hydrogens (tertiary/aromatic N) is 3. The molecule has 0 saturated heterocycles. The molecule has 13 heavy (non-hydrogen) atoms. The van der Waals surface area contributed by atoms with Crippen LogP contribution in [-0.4, -0.2) is 14.7 Å². The summed E-state index contributed by atoms with van der Waals surface area (Å²) in [4.78, 5) is 9.89. The highest BCUT2D eigenvalue weighted by Crippen LogP contribution is 2.23.